The zero-order valence-electron chi connectivity index (χ0n) is 13.5. The average molecular weight is 284 g/mol. The lowest BCUT2D eigenvalue weighted by Crippen LogP contribution is -1.98. The summed E-state index contributed by atoms with van der Waals surface area (Å²) in [7, 11) is 1.44. The number of allylic oxidation sites excluding steroid dienone is 2. The van der Waals surface area contributed by atoms with Crippen LogP contribution in [0.15, 0.2) is 11.6 Å². The SMILES string of the molecule is COC(=O)CCCCC=C(C)CCCCCCC(C)O. The van der Waals surface area contributed by atoms with E-state index in [4.69, 9.17) is 5.11 Å². The molecule has 0 radical (unpaired) electrons. The molecule has 3 nitrogen and oxygen atoms in total. The number of carbonyl (C=O) groups excluding carboxylic acids is 1. The summed E-state index contributed by atoms with van der Waals surface area (Å²) < 4.78 is 4.61. The van der Waals surface area contributed by atoms with Crippen LogP contribution in [0.5, 0.6) is 0 Å². The van der Waals surface area contributed by atoms with E-state index in [1.807, 2.05) is 6.92 Å². The van der Waals surface area contributed by atoms with Gasteiger partial charge in [-0.2, -0.15) is 0 Å². The third-order valence-corrected chi connectivity index (χ3v) is 3.50. The van der Waals surface area contributed by atoms with Crippen LogP contribution in [0.2, 0.25) is 0 Å². The zero-order valence-corrected chi connectivity index (χ0v) is 13.5. The van der Waals surface area contributed by atoms with E-state index >= 15 is 0 Å². The van der Waals surface area contributed by atoms with Crippen LogP contribution in [-0.2, 0) is 9.53 Å². The first-order valence-corrected chi connectivity index (χ1v) is 7.96. The fraction of sp³-hybridized carbons (Fsp3) is 0.824. The molecule has 0 saturated heterocycles. The third kappa shape index (κ3) is 13.6. The first-order chi connectivity index (χ1) is 9.56. The summed E-state index contributed by atoms with van der Waals surface area (Å²) in [4.78, 5) is 10.9. The van der Waals surface area contributed by atoms with Crippen LogP contribution < -0.4 is 0 Å². The van der Waals surface area contributed by atoms with E-state index in [0.717, 1.165) is 32.1 Å². The molecule has 0 spiro atoms. The second-order valence-corrected chi connectivity index (χ2v) is 5.67. The first-order valence-electron chi connectivity index (χ1n) is 7.96. The summed E-state index contributed by atoms with van der Waals surface area (Å²) in [5.41, 5.74) is 1.46. The van der Waals surface area contributed by atoms with Crippen LogP contribution >= 0.6 is 0 Å². The maximum Gasteiger partial charge on any atom is 0.305 e. The highest BCUT2D eigenvalue weighted by Crippen LogP contribution is 2.13. The maximum absolute atomic E-state index is 10.9. The van der Waals surface area contributed by atoms with Crippen molar-refractivity contribution < 1.29 is 14.6 Å². The molecule has 3 heteroatoms. The van der Waals surface area contributed by atoms with E-state index in [-0.39, 0.29) is 12.1 Å². The third-order valence-electron chi connectivity index (χ3n) is 3.50. The van der Waals surface area contributed by atoms with E-state index in [9.17, 15) is 4.79 Å². The minimum absolute atomic E-state index is 0.108. The Balaban J connectivity index is 3.40. The van der Waals surface area contributed by atoms with Crippen LogP contribution in [-0.4, -0.2) is 24.3 Å². The number of aliphatic hydroxyl groups excluding tert-OH is 1. The van der Waals surface area contributed by atoms with Crippen LogP contribution in [0.4, 0.5) is 0 Å². The van der Waals surface area contributed by atoms with Gasteiger partial charge in [0.2, 0.25) is 0 Å². The maximum atomic E-state index is 10.9. The smallest absolute Gasteiger partial charge is 0.305 e. The molecule has 20 heavy (non-hydrogen) atoms. The Morgan fingerprint density at radius 3 is 2.40 bits per heavy atom. The van der Waals surface area contributed by atoms with Gasteiger partial charge in [0.1, 0.15) is 0 Å². The molecular weight excluding hydrogens is 252 g/mol. The number of carbonyl (C=O) groups is 1. The van der Waals surface area contributed by atoms with Gasteiger partial charge in [0.05, 0.1) is 13.2 Å². The van der Waals surface area contributed by atoms with Gasteiger partial charge in [-0.3, -0.25) is 4.79 Å². The number of aliphatic hydroxyl groups is 1. The number of methoxy groups -OCH3 is 1. The van der Waals surface area contributed by atoms with Gasteiger partial charge in [-0.15, -0.1) is 0 Å². The quantitative estimate of drug-likeness (QED) is 0.328. The molecule has 0 aromatic rings. The number of unbranched alkanes of at least 4 members (excludes halogenated alkanes) is 5. The molecule has 0 rings (SSSR count). The van der Waals surface area contributed by atoms with E-state index in [2.05, 4.69) is 17.7 Å². The molecule has 0 aliphatic rings. The van der Waals surface area contributed by atoms with Crippen molar-refractivity contribution in [2.45, 2.75) is 84.2 Å². The standard InChI is InChI=1S/C17H32O3/c1-15(11-7-4-5-9-13-16(2)18)12-8-6-10-14-17(19)20-3/h12,16,18H,4-11,13-14H2,1-3H3. The van der Waals surface area contributed by atoms with Crippen molar-refractivity contribution in [3.8, 4) is 0 Å². The second kappa shape index (κ2) is 13.2. The highest BCUT2D eigenvalue weighted by molar-refractivity contribution is 5.68. The summed E-state index contributed by atoms with van der Waals surface area (Å²) in [5, 5.41) is 9.15. The van der Waals surface area contributed by atoms with Crippen molar-refractivity contribution in [1.82, 2.24) is 0 Å². The largest absolute Gasteiger partial charge is 0.469 e. The van der Waals surface area contributed by atoms with Crippen LogP contribution in [0, 0.1) is 0 Å². The number of rotatable bonds is 12. The zero-order chi connectivity index (χ0) is 15.2. The lowest BCUT2D eigenvalue weighted by Gasteiger charge is -2.04. The number of hydrogen-bond donors (Lipinski definition) is 1. The van der Waals surface area contributed by atoms with Crippen molar-refractivity contribution in [3.63, 3.8) is 0 Å². The summed E-state index contributed by atoms with van der Waals surface area (Å²) in [6.45, 7) is 4.04. The van der Waals surface area contributed by atoms with Gasteiger partial charge < -0.3 is 9.84 Å². The molecule has 1 atom stereocenters. The van der Waals surface area contributed by atoms with Crippen LogP contribution in [0.3, 0.4) is 0 Å². The molecule has 0 aromatic heterocycles. The van der Waals surface area contributed by atoms with Gasteiger partial charge in [-0.25, -0.2) is 0 Å². The first kappa shape index (κ1) is 19.2. The average Bonchev–Trinajstić information content (AvgIpc) is 2.41. The Morgan fingerprint density at radius 1 is 1.10 bits per heavy atom. The molecular formula is C17H32O3. The summed E-state index contributed by atoms with van der Waals surface area (Å²) in [6.07, 6.45) is 12.7. The van der Waals surface area contributed by atoms with E-state index in [1.165, 1.54) is 38.4 Å². The Kier molecular flexibility index (Phi) is 12.6. The minimum atomic E-state index is -0.151. The second-order valence-electron chi connectivity index (χ2n) is 5.67. The summed E-state index contributed by atoms with van der Waals surface area (Å²) >= 11 is 0. The van der Waals surface area contributed by atoms with Crippen molar-refractivity contribution >= 4 is 5.97 Å². The predicted octanol–water partition coefficient (Wildman–Crippen LogP) is 4.39. The Hall–Kier alpha value is -0.830. The van der Waals surface area contributed by atoms with E-state index in [0.29, 0.717) is 6.42 Å². The van der Waals surface area contributed by atoms with Gasteiger partial charge in [-0.1, -0.05) is 30.9 Å². The van der Waals surface area contributed by atoms with Gasteiger partial charge in [0, 0.05) is 6.42 Å². The Morgan fingerprint density at radius 2 is 1.75 bits per heavy atom. The molecule has 118 valence electrons. The van der Waals surface area contributed by atoms with Gasteiger partial charge in [0.15, 0.2) is 0 Å². The predicted molar refractivity (Wildman–Crippen MR) is 83.6 cm³/mol. The van der Waals surface area contributed by atoms with Gasteiger partial charge in [0.25, 0.3) is 0 Å². The molecule has 0 amide bonds. The van der Waals surface area contributed by atoms with E-state index in [1.54, 1.807) is 0 Å². The molecule has 0 aliphatic carbocycles. The lowest BCUT2D eigenvalue weighted by molar-refractivity contribution is -0.140. The number of ether oxygens (including phenoxy) is 1. The van der Waals surface area contributed by atoms with E-state index < -0.39 is 0 Å². The topological polar surface area (TPSA) is 46.5 Å². The molecule has 1 unspecified atom stereocenters. The lowest BCUT2D eigenvalue weighted by atomic mass is 10.0. The number of esters is 1. The van der Waals surface area contributed by atoms with Crippen molar-refractivity contribution in [2.24, 2.45) is 0 Å². The molecule has 0 aromatic carbocycles. The normalized spacial score (nSPS) is 13.3. The van der Waals surface area contributed by atoms with Crippen LogP contribution in [0.1, 0.15) is 78.1 Å². The molecule has 0 fully saturated rings. The fourth-order valence-electron chi connectivity index (χ4n) is 2.16. The minimum Gasteiger partial charge on any atom is -0.469 e. The Labute approximate surface area is 124 Å². The molecule has 0 bridgehead atoms. The van der Waals surface area contributed by atoms with Gasteiger partial charge in [-0.05, 0) is 52.4 Å². The summed E-state index contributed by atoms with van der Waals surface area (Å²) in [5.74, 6) is -0.108. The highest BCUT2D eigenvalue weighted by Gasteiger charge is 1.99. The van der Waals surface area contributed by atoms with Crippen molar-refractivity contribution in [2.75, 3.05) is 7.11 Å². The number of hydrogen-bond acceptors (Lipinski definition) is 3. The highest BCUT2D eigenvalue weighted by atomic mass is 16.5. The molecule has 0 aliphatic heterocycles. The monoisotopic (exact) mass is 284 g/mol. The Bertz CT molecular complexity index is 269. The van der Waals surface area contributed by atoms with Crippen molar-refractivity contribution in [3.05, 3.63) is 11.6 Å². The molecule has 0 heterocycles. The van der Waals surface area contributed by atoms with Crippen molar-refractivity contribution in [1.29, 1.82) is 0 Å². The summed E-state index contributed by atoms with van der Waals surface area (Å²) in [6, 6.07) is 0. The molecule has 1 N–H and O–H groups in total. The molecule has 0 saturated carbocycles. The van der Waals surface area contributed by atoms with Gasteiger partial charge >= 0.3 is 5.97 Å². The van der Waals surface area contributed by atoms with Crippen LogP contribution in [0.25, 0.3) is 0 Å². The fourth-order valence-corrected chi connectivity index (χ4v) is 2.16.